The number of sulfonamides is 1. The van der Waals surface area contributed by atoms with E-state index in [1.807, 2.05) is 27.8 Å². The third-order valence-corrected chi connectivity index (χ3v) is 7.52. The molecule has 162 valence electrons. The van der Waals surface area contributed by atoms with Crippen LogP contribution in [-0.4, -0.2) is 56.8 Å². The van der Waals surface area contributed by atoms with Gasteiger partial charge in [-0.1, -0.05) is 35.9 Å². The monoisotopic (exact) mass is 429 g/mol. The molecular weight excluding hydrogens is 398 g/mol. The molecule has 7 heteroatoms. The van der Waals surface area contributed by atoms with Gasteiger partial charge in [0.05, 0.1) is 11.8 Å². The minimum absolute atomic E-state index is 0.0441. The van der Waals surface area contributed by atoms with E-state index in [1.165, 1.54) is 0 Å². The fourth-order valence-electron chi connectivity index (χ4n) is 3.70. The number of rotatable bonds is 6. The average molecular weight is 430 g/mol. The van der Waals surface area contributed by atoms with Crippen LogP contribution in [0.25, 0.3) is 0 Å². The maximum Gasteiger partial charge on any atom is 0.251 e. The molecule has 1 amide bonds. The van der Waals surface area contributed by atoms with Crippen molar-refractivity contribution in [1.29, 1.82) is 0 Å². The van der Waals surface area contributed by atoms with Gasteiger partial charge >= 0.3 is 0 Å². The largest absolute Gasteiger partial charge is 0.346 e. The summed E-state index contributed by atoms with van der Waals surface area (Å²) in [4.78, 5) is 14.8. The van der Waals surface area contributed by atoms with Crippen LogP contribution in [0.15, 0.2) is 42.5 Å². The SMILES string of the molecule is Cc1ccc(C)c([C@@H](C)NC(=O)c2ccc(CS(=O)(=O)N3CCN(C)CC3)cc2)c1. The third kappa shape index (κ3) is 5.47. The Kier molecular flexibility index (Phi) is 6.95. The second-order valence-corrected chi connectivity index (χ2v) is 10.2. The van der Waals surface area contributed by atoms with Crippen LogP contribution in [0.4, 0.5) is 0 Å². The van der Waals surface area contributed by atoms with Crippen LogP contribution in [0.3, 0.4) is 0 Å². The zero-order valence-electron chi connectivity index (χ0n) is 18.2. The van der Waals surface area contributed by atoms with Crippen LogP contribution < -0.4 is 5.32 Å². The summed E-state index contributed by atoms with van der Waals surface area (Å²) >= 11 is 0. The minimum Gasteiger partial charge on any atom is -0.346 e. The fraction of sp³-hybridized carbons (Fsp3) is 0.435. The minimum atomic E-state index is -3.35. The van der Waals surface area contributed by atoms with Crippen LogP contribution in [0.5, 0.6) is 0 Å². The summed E-state index contributed by atoms with van der Waals surface area (Å²) in [6, 6.07) is 12.9. The molecule has 30 heavy (non-hydrogen) atoms. The van der Waals surface area contributed by atoms with Gasteiger partial charge in [-0.2, -0.15) is 4.31 Å². The lowest BCUT2D eigenvalue weighted by atomic mass is 9.99. The lowest BCUT2D eigenvalue weighted by Crippen LogP contribution is -2.47. The highest BCUT2D eigenvalue weighted by Crippen LogP contribution is 2.20. The molecular formula is C23H31N3O3S. The Balaban J connectivity index is 1.63. The molecule has 1 aliphatic rings. The van der Waals surface area contributed by atoms with Crippen molar-refractivity contribution in [1.82, 2.24) is 14.5 Å². The summed E-state index contributed by atoms with van der Waals surface area (Å²) in [6.07, 6.45) is 0. The fourth-order valence-corrected chi connectivity index (χ4v) is 5.22. The molecule has 1 N–H and O–H groups in total. The Morgan fingerprint density at radius 1 is 1.03 bits per heavy atom. The van der Waals surface area contributed by atoms with E-state index in [0.29, 0.717) is 24.2 Å². The molecule has 0 aromatic heterocycles. The Hall–Kier alpha value is -2.22. The normalized spacial score (nSPS) is 16.9. The van der Waals surface area contributed by atoms with Crippen molar-refractivity contribution in [3.8, 4) is 0 Å². The summed E-state index contributed by atoms with van der Waals surface area (Å²) < 4.78 is 26.9. The number of piperazine rings is 1. The molecule has 1 fully saturated rings. The quantitative estimate of drug-likeness (QED) is 0.767. The van der Waals surface area contributed by atoms with Gasteiger partial charge in [-0.3, -0.25) is 4.79 Å². The lowest BCUT2D eigenvalue weighted by molar-refractivity contribution is 0.0940. The van der Waals surface area contributed by atoms with Crippen molar-refractivity contribution >= 4 is 15.9 Å². The van der Waals surface area contributed by atoms with E-state index in [0.717, 1.165) is 29.8 Å². The Morgan fingerprint density at radius 2 is 1.67 bits per heavy atom. The van der Waals surface area contributed by atoms with E-state index in [-0.39, 0.29) is 17.7 Å². The standard InChI is InChI=1S/C23H31N3O3S/c1-17-5-6-18(2)22(15-17)19(3)24-23(27)21-9-7-20(8-10-21)16-30(28,29)26-13-11-25(4)12-14-26/h5-10,15,19H,11-14,16H2,1-4H3,(H,24,27)/t19-/m1/s1. The Bertz CT molecular complexity index is 995. The second-order valence-electron chi connectivity index (χ2n) is 8.21. The van der Waals surface area contributed by atoms with Gasteiger partial charge in [0.25, 0.3) is 5.91 Å². The first-order valence-electron chi connectivity index (χ1n) is 10.3. The molecule has 2 aromatic carbocycles. The predicted octanol–water partition coefficient (Wildman–Crippen LogP) is 2.87. The molecule has 1 atom stereocenters. The Morgan fingerprint density at radius 3 is 2.30 bits per heavy atom. The van der Waals surface area contributed by atoms with Gasteiger partial charge < -0.3 is 10.2 Å². The van der Waals surface area contributed by atoms with E-state index < -0.39 is 10.0 Å². The molecule has 6 nitrogen and oxygen atoms in total. The predicted molar refractivity (Wildman–Crippen MR) is 120 cm³/mol. The van der Waals surface area contributed by atoms with Crippen LogP contribution in [0, 0.1) is 13.8 Å². The van der Waals surface area contributed by atoms with E-state index in [1.54, 1.807) is 28.6 Å². The summed E-state index contributed by atoms with van der Waals surface area (Å²) in [5.41, 5.74) is 4.60. The highest BCUT2D eigenvalue weighted by Gasteiger charge is 2.26. The summed E-state index contributed by atoms with van der Waals surface area (Å²) in [7, 11) is -1.36. The molecule has 2 aromatic rings. The first-order chi connectivity index (χ1) is 14.2. The number of carbonyl (C=O) groups excluding carboxylic acids is 1. The Labute approximate surface area is 179 Å². The highest BCUT2D eigenvalue weighted by atomic mass is 32.2. The molecule has 0 unspecified atom stereocenters. The van der Waals surface area contributed by atoms with Gasteiger partial charge in [0, 0.05) is 31.7 Å². The van der Waals surface area contributed by atoms with Crippen molar-refractivity contribution in [3.05, 3.63) is 70.3 Å². The van der Waals surface area contributed by atoms with Crippen molar-refractivity contribution in [3.63, 3.8) is 0 Å². The molecule has 0 radical (unpaired) electrons. The van der Waals surface area contributed by atoms with Crippen LogP contribution in [0.2, 0.25) is 0 Å². The van der Waals surface area contributed by atoms with E-state index in [4.69, 9.17) is 0 Å². The number of nitrogens with one attached hydrogen (secondary N) is 1. The van der Waals surface area contributed by atoms with Crippen molar-refractivity contribution in [2.24, 2.45) is 0 Å². The number of nitrogens with zero attached hydrogens (tertiary/aromatic N) is 2. The molecule has 1 heterocycles. The smallest absolute Gasteiger partial charge is 0.251 e. The van der Waals surface area contributed by atoms with Crippen molar-refractivity contribution in [2.75, 3.05) is 33.2 Å². The first-order valence-corrected chi connectivity index (χ1v) is 11.9. The molecule has 3 rings (SSSR count). The number of amides is 1. The van der Waals surface area contributed by atoms with Crippen molar-refractivity contribution < 1.29 is 13.2 Å². The molecule has 0 aliphatic carbocycles. The van der Waals surface area contributed by atoms with Gasteiger partial charge in [-0.15, -0.1) is 0 Å². The summed E-state index contributed by atoms with van der Waals surface area (Å²) in [5, 5.41) is 3.03. The number of aryl methyl sites for hydroxylation is 2. The van der Waals surface area contributed by atoms with Gasteiger partial charge in [-0.05, 0) is 56.6 Å². The molecule has 0 bridgehead atoms. The molecule has 1 aliphatic heterocycles. The van der Waals surface area contributed by atoms with Gasteiger partial charge in [0.2, 0.25) is 10.0 Å². The lowest BCUT2D eigenvalue weighted by Gasteiger charge is -2.31. The van der Waals surface area contributed by atoms with E-state index >= 15 is 0 Å². The van der Waals surface area contributed by atoms with Crippen LogP contribution >= 0.6 is 0 Å². The highest BCUT2D eigenvalue weighted by molar-refractivity contribution is 7.88. The number of likely N-dealkylation sites (N-methyl/N-ethyl adjacent to an activating group) is 1. The van der Waals surface area contributed by atoms with Gasteiger partial charge in [-0.25, -0.2) is 8.42 Å². The van der Waals surface area contributed by atoms with Crippen molar-refractivity contribution in [2.45, 2.75) is 32.6 Å². The zero-order valence-corrected chi connectivity index (χ0v) is 19.0. The molecule has 0 spiro atoms. The number of hydrogen-bond donors (Lipinski definition) is 1. The molecule has 1 saturated heterocycles. The van der Waals surface area contributed by atoms with Gasteiger partial charge in [0.1, 0.15) is 0 Å². The van der Waals surface area contributed by atoms with Crippen LogP contribution in [-0.2, 0) is 15.8 Å². The van der Waals surface area contributed by atoms with Gasteiger partial charge in [0.15, 0.2) is 0 Å². The number of carbonyl (C=O) groups is 1. The second kappa shape index (κ2) is 9.29. The topological polar surface area (TPSA) is 69.7 Å². The summed E-state index contributed by atoms with van der Waals surface area (Å²) in [5.74, 6) is -0.214. The summed E-state index contributed by atoms with van der Waals surface area (Å²) in [6.45, 7) is 8.58. The first kappa shape index (κ1) is 22.5. The maximum absolute atomic E-state index is 12.7. The average Bonchev–Trinajstić information content (AvgIpc) is 2.70. The molecule has 0 saturated carbocycles. The number of hydrogen-bond acceptors (Lipinski definition) is 4. The maximum atomic E-state index is 12.7. The third-order valence-electron chi connectivity index (χ3n) is 5.67. The van der Waals surface area contributed by atoms with E-state index in [9.17, 15) is 13.2 Å². The van der Waals surface area contributed by atoms with E-state index in [2.05, 4.69) is 28.4 Å². The zero-order chi connectivity index (χ0) is 21.9. The number of benzene rings is 2. The van der Waals surface area contributed by atoms with Crippen LogP contribution in [0.1, 0.15) is 45.6 Å².